The Morgan fingerprint density at radius 1 is 1.06 bits per heavy atom. The van der Waals surface area contributed by atoms with Crippen LogP contribution in [0.15, 0.2) is 71.2 Å². The van der Waals surface area contributed by atoms with E-state index in [1.54, 1.807) is 6.07 Å². The van der Waals surface area contributed by atoms with Crippen LogP contribution in [0.25, 0.3) is 16.8 Å². The number of non-ortho nitro benzene ring substituents is 1. The van der Waals surface area contributed by atoms with Crippen LogP contribution in [0.1, 0.15) is 5.56 Å². The van der Waals surface area contributed by atoms with Crippen LogP contribution < -0.4 is 20.9 Å². The molecule has 3 aromatic carbocycles. The molecular weight excluding hydrogens is 512 g/mol. The number of carbonyl (C=O) groups excluding carboxylic acids is 2. The number of nitrogens with zero attached hydrogens (tertiary/aromatic N) is 1. The molecule has 0 saturated heterocycles. The van der Waals surface area contributed by atoms with Gasteiger partial charge in [-0.2, -0.15) is 0 Å². The fourth-order valence-corrected chi connectivity index (χ4v) is 3.45. The summed E-state index contributed by atoms with van der Waals surface area (Å²) in [6, 6.07) is 17.1. The fourth-order valence-electron chi connectivity index (χ4n) is 2.69. The molecule has 0 bridgehead atoms. The highest BCUT2D eigenvalue weighted by Crippen LogP contribution is 2.32. The lowest BCUT2D eigenvalue weighted by Crippen LogP contribution is -2.49. The number of nitro groups is 1. The topological polar surface area (TPSA) is 123 Å². The van der Waals surface area contributed by atoms with E-state index in [1.807, 2.05) is 30.3 Å². The third-order valence-electron chi connectivity index (χ3n) is 4.27. The zero-order valence-corrected chi connectivity index (χ0v) is 19.3. The van der Waals surface area contributed by atoms with E-state index < -0.39 is 16.7 Å². The molecule has 0 aliphatic heterocycles. The van der Waals surface area contributed by atoms with Crippen molar-refractivity contribution >= 4 is 67.6 Å². The number of nitrogens with one attached hydrogen (secondary N) is 3. The molecule has 0 fully saturated rings. The second-order valence-electron chi connectivity index (χ2n) is 6.56. The van der Waals surface area contributed by atoms with Gasteiger partial charge in [0, 0.05) is 18.2 Å². The van der Waals surface area contributed by atoms with E-state index >= 15 is 0 Å². The predicted octanol–water partition coefficient (Wildman–Crippen LogP) is 3.62. The standard InChI is InChI=1S/C22H17BrN4O5S/c23-21-17-4-2-1-3-15(17)8-11-18(21)32-13-20(29)25-26-22(33)24-19(28)12-7-14-5-9-16(10-6-14)27(30)31/h1-12H,13H2,(H,25,29)(H2,24,26,28,33)/b12-7+. The Hall–Kier alpha value is -3.83. The molecule has 0 radical (unpaired) electrons. The van der Waals surface area contributed by atoms with E-state index in [0.717, 1.165) is 15.2 Å². The third-order valence-corrected chi connectivity index (χ3v) is 5.29. The van der Waals surface area contributed by atoms with Crippen LogP contribution in [0.4, 0.5) is 5.69 Å². The average Bonchev–Trinajstić information content (AvgIpc) is 2.81. The highest BCUT2D eigenvalue weighted by molar-refractivity contribution is 9.10. The van der Waals surface area contributed by atoms with Gasteiger partial charge in [0.05, 0.1) is 9.40 Å². The van der Waals surface area contributed by atoms with Crippen LogP contribution in [0.5, 0.6) is 5.75 Å². The van der Waals surface area contributed by atoms with Crippen molar-refractivity contribution in [2.75, 3.05) is 6.61 Å². The van der Waals surface area contributed by atoms with Crippen LogP contribution in [0.3, 0.4) is 0 Å². The number of amides is 2. The molecule has 3 aromatic rings. The normalized spacial score (nSPS) is 10.6. The van der Waals surface area contributed by atoms with Crippen molar-refractivity contribution in [3.63, 3.8) is 0 Å². The lowest BCUT2D eigenvalue weighted by Gasteiger charge is -2.12. The van der Waals surface area contributed by atoms with Crippen LogP contribution in [0, 0.1) is 10.1 Å². The number of halogens is 1. The van der Waals surface area contributed by atoms with Crippen molar-refractivity contribution in [1.29, 1.82) is 0 Å². The van der Waals surface area contributed by atoms with E-state index in [2.05, 4.69) is 32.1 Å². The number of benzene rings is 3. The van der Waals surface area contributed by atoms with E-state index in [-0.39, 0.29) is 17.4 Å². The minimum absolute atomic E-state index is 0.0466. The number of hydrazine groups is 1. The van der Waals surface area contributed by atoms with Gasteiger partial charge in [-0.05, 0) is 68.8 Å². The van der Waals surface area contributed by atoms with Gasteiger partial charge in [0.1, 0.15) is 5.75 Å². The number of hydrogen-bond donors (Lipinski definition) is 3. The van der Waals surface area contributed by atoms with Crippen LogP contribution in [-0.4, -0.2) is 28.5 Å². The maximum atomic E-state index is 12.0. The summed E-state index contributed by atoms with van der Waals surface area (Å²) >= 11 is 8.45. The van der Waals surface area contributed by atoms with Gasteiger partial charge in [0.15, 0.2) is 11.7 Å². The Morgan fingerprint density at radius 2 is 1.79 bits per heavy atom. The molecule has 0 saturated carbocycles. The Labute approximate surface area is 202 Å². The molecule has 0 spiro atoms. The number of fused-ring (bicyclic) bond motifs is 1. The highest BCUT2D eigenvalue weighted by atomic mass is 79.9. The number of rotatable bonds is 6. The summed E-state index contributed by atoms with van der Waals surface area (Å²) in [6.45, 7) is -0.277. The molecule has 0 aliphatic carbocycles. The largest absolute Gasteiger partial charge is 0.483 e. The molecule has 3 N–H and O–H groups in total. The summed E-state index contributed by atoms with van der Waals surface area (Å²) in [5.41, 5.74) is 5.29. The summed E-state index contributed by atoms with van der Waals surface area (Å²) in [5, 5.41) is 14.9. The summed E-state index contributed by atoms with van der Waals surface area (Å²) in [5.74, 6) is -0.541. The quantitative estimate of drug-likeness (QED) is 0.193. The predicted molar refractivity (Wildman–Crippen MR) is 131 cm³/mol. The van der Waals surface area contributed by atoms with Gasteiger partial charge in [0.2, 0.25) is 5.91 Å². The van der Waals surface area contributed by atoms with Crippen molar-refractivity contribution in [2.45, 2.75) is 0 Å². The van der Waals surface area contributed by atoms with Gasteiger partial charge in [-0.25, -0.2) is 0 Å². The average molecular weight is 529 g/mol. The van der Waals surface area contributed by atoms with Gasteiger partial charge in [-0.15, -0.1) is 0 Å². The first kappa shape index (κ1) is 23.8. The van der Waals surface area contributed by atoms with Crippen LogP contribution >= 0.6 is 28.1 Å². The zero-order chi connectivity index (χ0) is 23.8. The van der Waals surface area contributed by atoms with Crippen molar-refractivity contribution in [3.05, 3.63) is 86.9 Å². The number of carbonyl (C=O) groups is 2. The van der Waals surface area contributed by atoms with Crippen molar-refractivity contribution in [3.8, 4) is 5.75 Å². The molecule has 0 unspecified atom stereocenters. The summed E-state index contributed by atoms with van der Waals surface area (Å²) in [7, 11) is 0. The van der Waals surface area contributed by atoms with Gasteiger partial charge < -0.3 is 4.74 Å². The van der Waals surface area contributed by atoms with Gasteiger partial charge in [-0.1, -0.05) is 30.3 Å². The molecule has 0 aromatic heterocycles. The van der Waals surface area contributed by atoms with E-state index in [9.17, 15) is 19.7 Å². The molecule has 168 valence electrons. The van der Waals surface area contributed by atoms with Crippen molar-refractivity contribution in [1.82, 2.24) is 16.2 Å². The van der Waals surface area contributed by atoms with Gasteiger partial charge >= 0.3 is 0 Å². The summed E-state index contributed by atoms with van der Waals surface area (Å²) in [4.78, 5) is 34.1. The van der Waals surface area contributed by atoms with Crippen LogP contribution in [0.2, 0.25) is 0 Å². The molecular formula is C22H17BrN4O5S. The third kappa shape index (κ3) is 6.82. The second kappa shape index (κ2) is 11.2. The molecule has 33 heavy (non-hydrogen) atoms. The first-order valence-corrected chi connectivity index (χ1v) is 10.7. The maximum absolute atomic E-state index is 12.0. The summed E-state index contributed by atoms with van der Waals surface area (Å²) < 4.78 is 6.29. The Kier molecular flexibility index (Phi) is 8.06. The number of ether oxygens (including phenoxy) is 1. The van der Waals surface area contributed by atoms with E-state index in [0.29, 0.717) is 11.3 Å². The molecule has 0 aliphatic rings. The van der Waals surface area contributed by atoms with Crippen molar-refractivity contribution in [2.24, 2.45) is 0 Å². The highest BCUT2D eigenvalue weighted by Gasteiger charge is 2.09. The molecule has 0 atom stereocenters. The van der Waals surface area contributed by atoms with E-state index in [1.165, 1.54) is 36.4 Å². The minimum atomic E-state index is -0.545. The number of hydrogen-bond acceptors (Lipinski definition) is 6. The SMILES string of the molecule is O=C(/C=C/c1ccc([N+](=O)[O-])cc1)NC(=S)NNC(=O)COc1ccc2ccccc2c1Br. The monoisotopic (exact) mass is 528 g/mol. The lowest BCUT2D eigenvalue weighted by atomic mass is 10.1. The molecule has 3 rings (SSSR count). The molecule has 9 nitrogen and oxygen atoms in total. The van der Waals surface area contributed by atoms with E-state index in [4.69, 9.17) is 17.0 Å². The smallest absolute Gasteiger partial charge is 0.276 e. The first-order valence-electron chi connectivity index (χ1n) is 9.46. The number of thiocarbonyl (C=S) groups is 1. The Bertz CT molecular complexity index is 1250. The van der Waals surface area contributed by atoms with Gasteiger partial charge in [-0.3, -0.25) is 35.9 Å². The molecule has 11 heteroatoms. The lowest BCUT2D eigenvalue weighted by molar-refractivity contribution is -0.384. The van der Waals surface area contributed by atoms with Crippen LogP contribution in [-0.2, 0) is 9.59 Å². The molecule has 0 heterocycles. The Balaban J connectivity index is 1.42. The number of nitro benzene ring substituents is 1. The zero-order valence-electron chi connectivity index (χ0n) is 16.9. The minimum Gasteiger partial charge on any atom is -0.483 e. The maximum Gasteiger partial charge on any atom is 0.276 e. The second-order valence-corrected chi connectivity index (χ2v) is 7.76. The first-order chi connectivity index (χ1) is 15.8. The van der Waals surface area contributed by atoms with Crippen molar-refractivity contribution < 1.29 is 19.2 Å². The Morgan fingerprint density at radius 3 is 2.52 bits per heavy atom. The summed E-state index contributed by atoms with van der Waals surface area (Å²) in [6.07, 6.45) is 2.67. The fraction of sp³-hybridized carbons (Fsp3) is 0.0455. The molecule has 2 amide bonds. The van der Waals surface area contributed by atoms with Gasteiger partial charge in [0.25, 0.3) is 11.6 Å².